The van der Waals surface area contributed by atoms with Gasteiger partial charge in [-0.15, -0.1) is 0 Å². The summed E-state index contributed by atoms with van der Waals surface area (Å²) >= 11 is 7.24. The normalized spacial score (nSPS) is 20.1. The summed E-state index contributed by atoms with van der Waals surface area (Å²) in [6, 6.07) is 2.77. The molecule has 1 amide bonds. The summed E-state index contributed by atoms with van der Waals surface area (Å²) in [5.74, 6) is 0.395. The van der Waals surface area contributed by atoms with Crippen LogP contribution in [0.25, 0.3) is 0 Å². The molecule has 1 heterocycles. The minimum atomic E-state index is -0.420. The van der Waals surface area contributed by atoms with Gasteiger partial charge in [-0.2, -0.15) is 12.6 Å². The summed E-state index contributed by atoms with van der Waals surface area (Å²) in [6.45, 7) is 0.549. The second-order valence-electron chi connectivity index (χ2n) is 4.08. The van der Waals surface area contributed by atoms with Crippen LogP contribution in [0.1, 0.15) is 6.42 Å². The molecule has 0 spiro atoms. The predicted octanol–water partition coefficient (Wildman–Crippen LogP) is 2.45. The van der Waals surface area contributed by atoms with Gasteiger partial charge >= 0.3 is 0 Å². The van der Waals surface area contributed by atoms with Gasteiger partial charge in [0, 0.05) is 19.0 Å². The van der Waals surface area contributed by atoms with Crippen molar-refractivity contribution in [2.45, 2.75) is 6.42 Å². The maximum absolute atomic E-state index is 13.5. The number of nitrogen functional groups attached to an aromatic ring is 1. The highest BCUT2D eigenvalue weighted by molar-refractivity contribution is 9.10. The van der Waals surface area contributed by atoms with E-state index in [1.165, 1.54) is 17.0 Å². The number of hydrogen-bond acceptors (Lipinski definition) is 3. The van der Waals surface area contributed by atoms with Crippen LogP contribution in [-0.4, -0.2) is 18.2 Å². The lowest BCUT2D eigenvalue weighted by Gasteiger charge is -2.19. The Balaban J connectivity index is 2.35. The van der Waals surface area contributed by atoms with Crippen LogP contribution >= 0.6 is 28.6 Å². The van der Waals surface area contributed by atoms with Crippen molar-refractivity contribution in [2.24, 2.45) is 5.92 Å². The minimum absolute atomic E-state index is 0.0301. The number of amides is 1. The molecule has 0 saturated carbocycles. The fourth-order valence-electron chi connectivity index (χ4n) is 1.92. The molecule has 1 atom stereocenters. The van der Waals surface area contributed by atoms with Crippen LogP contribution in [0.5, 0.6) is 0 Å². The van der Waals surface area contributed by atoms with Gasteiger partial charge in [0.15, 0.2) is 0 Å². The molecule has 0 bridgehead atoms. The fourth-order valence-corrected chi connectivity index (χ4v) is 2.53. The van der Waals surface area contributed by atoms with Crippen LogP contribution < -0.4 is 10.6 Å². The molecular formula is C11H12BrFN2OS. The van der Waals surface area contributed by atoms with Crippen LogP contribution in [0.2, 0.25) is 0 Å². The van der Waals surface area contributed by atoms with E-state index >= 15 is 0 Å². The molecular weight excluding hydrogens is 307 g/mol. The Morgan fingerprint density at radius 3 is 2.88 bits per heavy atom. The van der Waals surface area contributed by atoms with E-state index in [9.17, 15) is 9.18 Å². The summed E-state index contributed by atoms with van der Waals surface area (Å²) in [4.78, 5) is 13.3. The summed E-state index contributed by atoms with van der Waals surface area (Å²) < 4.78 is 13.8. The Hall–Kier alpha value is -0.750. The smallest absolute Gasteiger partial charge is 0.227 e. The molecule has 0 aliphatic carbocycles. The number of carbonyl (C=O) groups is 1. The Morgan fingerprint density at radius 1 is 1.59 bits per heavy atom. The van der Waals surface area contributed by atoms with Crippen molar-refractivity contribution in [1.82, 2.24) is 0 Å². The second kappa shape index (κ2) is 4.86. The van der Waals surface area contributed by atoms with Gasteiger partial charge in [0.05, 0.1) is 15.8 Å². The number of halogens is 2. The lowest BCUT2D eigenvalue weighted by atomic mass is 10.1. The van der Waals surface area contributed by atoms with E-state index in [4.69, 9.17) is 5.73 Å². The zero-order chi connectivity index (χ0) is 12.6. The molecule has 1 aromatic carbocycles. The van der Waals surface area contributed by atoms with E-state index in [-0.39, 0.29) is 11.8 Å². The molecule has 1 saturated heterocycles. The molecule has 0 aromatic heterocycles. The van der Waals surface area contributed by atoms with Gasteiger partial charge in [-0.1, -0.05) is 0 Å². The third-order valence-corrected chi connectivity index (χ3v) is 3.95. The molecule has 1 aliphatic rings. The molecule has 2 rings (SSSR count). The lowest BCUT2D eigenvalue weighted by Crippen LogP contribution is -2.25. The Morgan fingerprint density at radius 2 is 2.29 bits per heavy atom. The van der Waals surface area contributed by atoms with Crippen molar-refractivity contribution >= 4 is 45.8 Å². The number of thiol groups is 1. The standard InChI is InChI=1S/C11H12BrFN2OS/c12-7-2-9(14)10(3-8(7)13)15-4-6(5-17)1-11(15)16/h2-3,6,17H,1,4-5,14H2. The molecule has 3 nitrogen and oxygen atoms in total. The highest BCUT2D eigenvalue weighted by atomic mass is 79.9. The van der Waals surface area contributed by atoms with Crippen molar-refractivity contribution in [3.8, 4) is 0 Å². The molecule has 92 valence electrons. The highest BCUT2D eigenvalue weighted by Gasteiger charge is 2.31. The van der Waals surface area contributed by atoms with E-state index in [1.807, 2.05) is 0 Å². The van der Waals surface area contributed by atoms with Crippen LogP contribution in [-0.2, 0) is 4.79 Å². The molecule has 6 heteroatoms. The first-order valence-corrected chi connectivity index (χ1v) is 6.61. The molecule has 1 unspecified atom stereocenters. The monoisotopic (exact) mass is 318 g/mol. The number of anilines is 2. The number of benzene rings is 1. The van der Waals surface area contributed by atoms with E-state index in [0.717, 1.165) is 0 Å². The van der Waals surface area contributed by atoms with Crippen molar-refractivity contribution < 1.29 is 9.18 Å². The summed E-state index contributed by atoms with van der Waals surface area (Å²) in [5, 5.41) is 0. The number of hydrogen-bond donors (Lipinski definition) is 2. The fraction of sp³-hybridized carbons (Fsp3) is 0.364. The molecule has 2 N–H and O–H groups in total. The molecule has 17 heavy (non-hydrogen) atoms. The third-order valence-electron chi connectivity index (χ3n) is 2.82. The molecule has 1 aliphatic heterocycles. The van der Waals surface area contributed by atoms with E-state index in [1.54, 1.807) is 0 Å². The maximum Gasteiger partial charge on any atom is 0.227 e. The lowest BCUT2D eigenvalue weighted by molar-refractivity contribution is -0.117. The van der Waals surface area contributed by atoms with Crippen LogP contribution in [0.4, 0.5) is 15.8 Å². The zero-order valence-corrected chi connectivity index (χ0v) is 11.5. The van der Waals surface area contributed by atoms with Crippen LogP contribution in [0.3, 0.4) is 0 Å². The third kappa shape index (κ3) is 2.42. The van der Waals surface area contributed by atoms with Crippen molar-refractivity contribution in [3.05, 3.63) is 22.4 Å². The Kier molecular flexibility index (Phi) is 3.63. The van der Waals surface area contributed by atoms with Gasteiger partial charge in [-0.05, 0) is 33.7 Å². The van der Waals surface area contributed by atoms with Gasteiger partial charge in [-0.25, -0.2) is 4.39 Å². The average molecular weight is 319 g/mol. The van der Waals surface area contributed by atoms with Gasteiger partial charge in [0.1, 0.15) is 5.82 Å². The molecule has 0 radical (unpaired) electrons. The van der Waals surface area contributed by atoms with Gasteiger partial charge in [0.2, 0.25) is 5.91 Å². The number of rotatable bonds is 2. The zero-order valence-electron chi connectivity index (χ0n) is 8.99. The van der Waals surface area contributed by atoms with Gasteiger partial charge < -0.3 is 10.6 Å². The molecule has 1 fully saturated rings. The SMILES string of the molecule is Nc1cc(Br)c(F)cc1N1CC(CS)CC1=O. The first-order valence-electron chi connectivity index (χ1n) is 5.18. The largest absolute Gasteiger partial charge is 0.397 e. The number of carbonyl (C=O) groups excluding carboxylic acids is 1. The first-order chi connectivity index (χ1) is 8.02. The van der Waals surface area contributed by atoms with E-state index in [0.29, 0.717) is 34.6 Å². The van der Waals surface area contributed by atoms with E-state index in [2.05, 4.69) is 28.6 Å². The minimum Gasteiger partial charge on any atom is -0.397 e. The topological polar surface area (TPSA) is 46.3 Å². The van der Waals surface area contributed by atoms with Crippen molar-refractivity contribution in [2.75, 3.05) is 22.9 Å². The first kappa shape index (κ1) is 12.7. The van der Waals surface area contributed by atoms with Crippen LogP contribution in [0.15, 0.2) is 16.6 Å². The Labute approximate surface area is 113 Å². The van der Waals surface area contributed by atoms with Crippen molar-refractivity contribution in [3.63, 3.8) is 0 Å². The number of nitrogens with zero attached hydrogens (tertiary/aromatic N) is 1. The van der Waals surface area contributed by atoms with E-state index < -0.39 is 5.82 Å². The van der Waals surface area contributed by atoms with Crippen molar-refractivity contribution in [1.29, 1.82) is 0 Å². The average Bonchev–Trinajstić information content (AvgIpc) is 2.65. The summed E-state index contributed by atoms with van der Waals surface area (Å²) in [6.07, 6.45) is 0.445. The quantitative estimate of drug-likeness (QED) is 0.650. The van der Waals surface area contributed by atoms with Crippen LogP contribution in [0, 0.1) is 11.7 Å². The Bertz CT molecular complexity index is 469. The molecule has 1 aromatic rings. The highest BCUT2D eigenvalue weighted by Crippen LogP contribution is 2.33. The summed E-state index contributed by atoms with van der Waals surface area (Å²) in [5.41, 5.74) is 6.65. The summed E-state index contributed by atoms with van der Waals surface area (Å²) in [7, 11) is 0. The maximum atomic E-state index is 13.5. The predicted molar refractivity (Wildman–Crippen MR) is 72.8 cm³/mol. The van der Waals surface area contributed by atoms with Gasteiger partial charge in [-0.3, -0.25) is 4.79 Å². The number of nitrogens with two attached hydrogens (primary N) is 1. The van der Waals surface area contributed by atoms with Gasteiger partial charge in [0.25, 0.3) is 0 Å². The second-order valence-corrected chi connectivity index (χ2v) is 5.30.